The van der Waals surface area contributed by atoms with Crippen LogP contribution >= 0.6 is 0 Å². The van der Waals surface area contributed by atoms with Crippen LogP contribution in [0, 0.1) is 0 Å². The van der Waals surface area contributed by atoms with Crippen molar-refractivity contribution in [2.24, 2.45) is 0 Å². The highest BCUT2D eigenvalue weighted by Gasteiger charge is 1.98. The van der Waals surface area contributed by atoms with Gasteiger partial charge in [-0.15, -0.1) is 6.58 Å². The van der Waals surface area contributed by atoms with Crippen molar-refractivity contribution in [3.05, 3.63) is 12.7 Å². The van der Waals surface area contributed by atoms with E-state index in [-0.39, 0.29) is 0 Å². The van der Waals surface area contributed by atoms with Gasteiger partial charge >= 0.3 is 0 Å². The molecular weight excluding hydrogens is 178 g/mol. The third kappa shape index (κ3) is 9.71. The highest BCUT2D eigenvalue weighted by atomic mass is 16.5. The summed E-state index contributed by atoms with van der Waals surface area (Å²) in [5.74, 6) is 0. The predicted octanol–water partition coefficient (Wildman–Crippen LogP) is 1.59. The zero-order valence-corrected chi connectivity index (χ0v) is 9.42. The van der Waals surface area contributed by atoms with Gasteiger partial charge in [0.1, 0.15) is 0 Å². The molecule has 0 aliphatic carbocycles. The van der Waals surface area contributed by atoms with E-state index in [0.717, 1.165) is 39.2 Å². The molecule has 14 heavy (non-hydrogen) atoms. The fourth-order valence-electron chi connectivity index (χ4n) is 1.12. The van der Waals surface area contributed by atoms with Crippen molar-refractivity contribution in [2.75, 3.05) is 33.5 Å². The average molecular weight is 201 g/mol. The Labute approximate surface area is 87.5 Å². The Morgan fingerprint density at radius 1 is 1.43 bits per heavy atom. The normalized spacial score (nSPS) is 12.7. The van der Waals surface area contributed by atoms with Crippen LogP contribution in [0.2, 0.25) is 0 Å². The van der Waals surface area contributed by atoms with Gasteiger partial charge in [-0.2, -0.15) is 0 Å². The molecule has 3 heteroatoms. The molecule has 84 valence electrons. The van der Waals surface area contributed by atoms with Gasteiger partial charge in [-0.1, -0.05) is 6.08 Å². The molecule has 0 aliphatic heterocycles. The molecule has 0 saturated carbocycles. The van der Waals surface area contributed by atoms with Crippen molar-refractivity contribution in [2.45, 2.75) is 25.8 Å². The molecule has 1 N–H and O–H groups in total. The molecule has 0 heterocycles. The van der Waals surface area contributed by atoms with E-state index in [0.29, 0.717) is 6.04 Å². The maximum atomic E-state index is 5.41. The molecule has 0 radical (unpaired) electrons. The Morgan fingerprint density at radius 2 is 2.21 bits per heavy atom. The van der Waals surface area contributed by atoms with E-state index in [1.807, 2.05) is 6.08 Å². The van der Waals surface area contributed by atoms with Crippen LogP contribution in [0.25, 0.3) is 0 Å². The molecule has 0 spiro atoms. The molecule has 1 unspecified atom stereocenters. The van der Waals surface area contributed by atoms with Crippen LogP contribution in [0.15, 0.2) is 12.7 Å². The molecule has 0 saturated heterocycles. The number of methoxy groups -OCH3 is 1. The Hall–Kier alpha value is -0.380. The number of rotatable bonds is 10. The highest BCUT2D eigenvalue weighted by molar-refractivity contribution is 4.65. The van der Waals surface area contributed by atoms with Crippen LogP contribution in [-0.2, 0) is 9.47 Å². The van der Waals surface area contributed by atoms with Crippen LogP contribution in [0.1, 0.15) is 19.8 Å². The monoisotopic (exact) mass is 201 g/mol. The zero-order valence-electron chi connectivity index (χ0n) is 9.42. The molecule has 0 aromatic rings. The zero-order chi connectivity index (χ0) is 10.6. The molecule has 0 aromatic heterocycles. The number of unbranched alkanes of at least 4 members (excludes halogenated alkanes) is 1. The smallest absolute Gasteiger partial charge is 0.0613 e. The fourth-order valence-corrected chi connectivity index (χ4v) is 1.12. The van der Waals surface area contributed by atoms with E-state index in [2.05, 4.69) is 18.8 Å². The maximum absolute atomic E-state index is 5.41. The predicted molar refractivity (Wildman–Crippen MR) is 59.6 cm³/mol. The molecule has 0 rings (SSSR count). The summed E-state index contributed by atoms with van der Waals surface area (Å²) >= 11 is 0. The average Bonchev–Trinajstić information content (AvgIpc) is 2.17. The number of nitrogens with one attached hydrogen (secondary N) is 1. The van der Waals surface area contributed by atoms with Gasteiger partial charge in [-0.05, 0) is 19.8 Å². The molecule has 0 bridgehead atoms. The summed E-state index contributed by atoms with van der Waals surface area (Å²) in [6.07, 6.45) is 4.02. The second-order valence-corrected chi connectivity index (χ2v) is 3.35. The first kappa shape index (κ1) is 13.6. The Bertz CT molecular complexity index is 128. The lowest BCUT2D eigenvalue weighted by Crippen LogP contribution is -2.32. The van der Waals surface area contributed by atoms with Crippen molar-refractivity contribution in [3.63, 3.8) is 0 Å². The second kappa shape index (κ2) is 10.7. The van der Waals surface area contributed by atoms with Gasteiger partial charge in [-0.3, -0.25) is 0 Å². The van der Waals surface area contributed by atoms with Gasteiger partial charge in [0.05, 0.1) is 13.2 Å². The first-order valence-electron chi connectivity index (χ1n) is 5.22. The number of hydrogen-bond donors (Lipinski definition) is 1. The highest BCUT2D eigenvalue weighted by Crippen LogP contribution is 1.89. The minimum Gasteiger partial charge on any atom is -0.383 e. The second-order valence-electron chi connectivity index (χ2n) is 3.35. The first-order chi connectivity index (χ1) is 6.81. The number of hydrogen-bond acceptors (Lipinski definition) is 3. The molecular formula is C11H23NO2. The van der Waals surface area contributed by atoms with Crippen molar-refractivity contribution in [1.82, 2.24) is 5.32 Å². The summed E-state index contributed by atoms with van der Waals surface area (Å²) in [7, 11) is 1.71. The molecule has 0 amide bonds. The maximum Gasteiger partial charge on any atom is 0.0613 e. The summed E-state index contributed by atoms with van der Waals surface area (Å²) in [6.45, 7) is 8.98. The largest absolute Gasteiger partial charge is 0.383 e. The summed E-state index contributed by atoms with van der Waals surface area (Å²) in [5, 5.41) is 3.30. The van der Waals surface area contributed by atoms with E-state index < -0.39 is 0 Å². The minimum absolute atomic E-state index is 0.400. The first-order valence-corrected chi connectivity index (χ1v) is 5.22. The summed E-state index contributed by atoms with van der Waals surface area (Å²) in [6, 6.07) is 0.400. The third-order valence-electron chi connectivity index (χ3n) is 1.85. The molecule has 3 nitrogen and oxygen atoms in total. The van der Waals surface area contributed by atoms with E-state index >= 15 is 0 Å². The topological polar surface area (TPSA) is 30.5 Å². The lowest BCUT2D eigenvalue weighted by atomic mass is 10.3. The van der Waals surface area contributed by atoms with Crippen LogP contribution in [0.3, 0.4) is 0 Å². The lowest BCUT2D eigenvalue weighted by molar-refractivity contribution is 0.124. The van der Waals surface area contributed by atoms with E-state index in [4.69, 9.17) is 9.47 Å². The van der Waals surface area contributed by atoms with Crippen LogP contribution in [0.5, 0.6) is 0 Å². The van der Waals surface area contributed by atoms with Crippen LogP contribution < -0.4 is 5.32 Å². The molecule has 0 aromatic carbocycles. The van der Waals surface area contributed by atoms with Crippen molar-refractivity contribution in [1.29, 1.82) is 0 Å². The van der Waals surface area contributed by atoms with Crippen molar-refractivity contribution in [3.8, 4) is 0 Å². The van der Waals surface area contributed by atoms with Crippen molar-refractivity contribution >= 4 is 0 Å². The third-order valence-corrected chi connectivity index (χ3v) is 1.85. The van der Waals surface area contributed by atoms with E-state index in [1.165, 1.54) is 0 Å². The fraction of sp³-hybridized carbons (Fsp3) is 0.818. The Kier molecular flexibility index (Phi) is 10.4. The summed E-state index contributed by atoms with van der Waals surface area (Å²) in [5.41, 5.74) is 0. The van der Waals surface area contributed by atoms with Crippen LogP contribution in [0.4, 0.5) is 0 Å². The lowest BCUT2D eigenvalue weighted by Gasteiger charge is -2.12. The quantitative estimate of drug-likeness (QED) is 0.430. The molecule has 1 atom stereocenters. The summed E-state index contributed by atoms with van der Waals surface area (Å²) < 4.78 is 10.4. The van der Waals surface area contributed by atoms with Gasteiger partial charge in [0, 0.05) is 26.3 Å². The van der Waals surface area contributed by atoms with E-state index in [1.54, 1.807) is 7.11 Å². The Balaban J connectivity index is 3.01. The van der Waals surface area contributed by atoms with E-state index in [9.17, 15) is 0 Å². The molecule has 0 fully saturated rings. The number of ether oxygens (including phenoxy) is 2. The standard InChI is InChI=1S/C11H23NO2/c1-4-5-6-8-14-9-7-12-11(2)10-13-3/h4,11-12H,1,5-10H2,2-3H3. The van der Waals surface area contributed by atoms with Crippen molar-refractivity contribution < 1.29 is 9.47 Å². The Morgan fingerprint density at radius 3 is 2.86 bits per heavy atom. The number of allylic oxidation sites excluding steroid dienone is 1. The van der Waals surface area contributed by atoms with Crippen LogP contribution in [-0.4, -0.2) is 39.5 Å². The SMILES string of the molecule is C=CCCCOCCNC(C)COC. The minimum atomic E-state index is 0.400. The van der Waals surface area contributed by atoms with Gasteiger partial charge in [0.25, 0.3) is 0 Å². The molecule has 0 aliphatic rings. The van der Waals surface area contributed by atoms with Gasteiger partial charge in [0.15, 0.2) is 0 Å². The summed E-state index contributed by atoms with van der Waals surface area (Å²) in [4.78, 5) is 0. The van der Waals surface area contributed by atoms with Gasteiger partial charge in [-0.25, -0.2) is 0 Å². The van der Waals surface area contributed by atoms with Gasteiger partial charge < -0.3 is 14.8 Å². The van der Waals surface area contributed by atoms with Gasteiger partial charge in [0.2, 0.25) is 0 Å².